The zero-order valence-corrected chi connectivity index (χ0v) is 20.3. The van der Waals surface area contributed by atoms with Crippen molar-refractivity contribution in [2.75, 3.05) is 0 Å². The summed E-state index contributed by atoms with van der Waals surface area (Å²) in [6, 6.07) is 43.0. The SMILES string of the molecule is C1=C(c2ccccn2)Cc2ccccc21.c1ccc(-c2nc3ccccc3nc2-c2ccccc2)cc1. The Hall–Kier alpha value is -4.89. The van der Waals surface area contributed by atoms with Gasteiger partial charge in [0.1, 0.15) is 0 Å². The topological polar surface area (TPSA) is 38.7 Å². The van der Waals surface area contributed by atoms with E-state index in [2.05, 4.69) is 65.7 Å². The lowest BCUT2D eigenvalue weighted by molar-refractivity contribution is 1.22. The fourth-order valence-electron chi connectivity index (χ4n) is 4.59. The van der Waals surface area contributed by atoms with Gasteiger partial charge >= 0.3 is 0 Å². The molecule has 0 unspecified atom stereocenters. The Balaban J connectivity index is 0.000000146. The van der Waals surface area contributed by atoms with Crippen LogP contribution in [0.1, 0.15) is 16.8 Å². The number of benzene rings is 4. The van der Waals surface area contributed by atoms with Crippen molar-refractivity contribution in [2.24, 2.45) is 0 Å². The van der Waals surface area contributed by atoms with Crippen molar-refractivity contribution in [1.29, 1.82) is 0 Å². The second kappa shape index (κ2) is 10.4. The van der Waals surface area contributed by atoms with Crippen molar-refractivity contribution in [1.82, 2.24) is 15.0 Å². The molecule has 0 saturated heterocycles. The number of hydrogen-bond acceptors (Lipinski definition) is 3. The van der Waals surface area contributed by atoms with Crippen LogP contribution in [0.15, 0.2) is 134 Å². The number of rotatable bonds is 3. The molecule has 1 aliphatic rings. The van der Waals surface area contributed by atoms with E-state index in [1.165, 1.54) is 16.7 Å². The summed E-state index contributed by atoms with van der Waals surface area (Å²) < 4.78 is 0. The first-order valence-electron chi connectivity index (χ1n) is 12.4. The number of para-hydroxylation sites is 2. The smallest absolute Gasteiger partial charge is 0.0973 e. The molecule has 2 heterocycles. The molecule has 0 saturated carbocycles. The average Bonchev–Trinajstić information content (AvgIpc) is 3.43. The fourth-order valence-corrected chi connectivity index (χ4v) is 4.59. The summed E-state index contributed by atoms with van der Waals surface area (Å²) in [5, 5.41) is 0. The first-order valence-corrected chi connectivity index (χ1v) is 12.4. The van der Waals surface area contributed by atoms with Crippen LogP contribution < -0.4 is 0 Å². The molecule has 176 valence electrons. The molecule has 2 aromatic heterocycles. The van der Waals surface area contributed by atoms with Gasteiger partial charge in [-0.25, -0.2) is 9.97 Å². The van der Waals surface area contributed by atoms with Crippen molar-refractivity contribution in [3.63, 3.8) is 0 Å². The van der Waals surface area contributed by atoms with Crippen molar-refractivity contribution in [2.45, 2.75) is 6.42 Å². The minimum atomic E-state index is 0.918. The summed E-state index contributed by atoms with van der Waals surface area (Å²) in [6.45, 7) is 0. The highest BCUT2D eigenvalue weighted by molar-refractivity contribution is 5.87. The standard InChI is InChI=1S/C20H14N2.C14H11N/c1-3-9-15(10-4-1)19-20(16-11-5-2-6-12-16)22-18-14-8-7-13-17(18)21-19;1-2-6-12-10-13(9-11(12)5-1)14-7-3-4-8-15-14/h1-14H;1-9H,10H2. The summed E-state index contributed by atoms with van der Waals surface area (Å²) in [4.78, 5) is 14.1. The molecule has 37 heavy (non-hydrogen) atoms. The van der Waals surface area contributed by atoms with Crippen molar-refractivity contribution in [3.05, 3.63) is 150 Å². The molecule has 7 rings (SSSR count). The zero-order chi connectivity index (χ0) is 24.9. The molecule has 3 nitrogen and oxygen atoms in total. The van der Waals surface area contributed by atoms with E-state index >= 15 is 0 Å². The first kappa shape index (κ1) is 22.6. The molecule has 0 fully saturated rings. The molecule has 3 heteroatoms. The maximum Gasteiger partial charge on any atom is 0.0973 e. The van der Waals surface area contributed by atoms with Gasteiger partial charge in [-0.15, -0.1) is 0 Å². The molecule has 0 bridgehead atoms. The summed E-state index contributed by atoms with van der Waals surface area (Å²) in [5.41, 5.74) is 11.0. The second-order valence-electron chi connectivity index (χ2n) is 8.90. The van der Waals surface area contributed by atoms with E-state index in [4.69, 9.17) is 9.97 Å². The van der Waals surface area contributed by atoms with Gasteiger partial charge in [-0.1, -0.05) is 103 Å². The van der Waals surface area contributed by atoms with E-state index in [0.717, 1.165) is 45.7 Å². The number of nitrogens with zero attached hydrogens (tertiary/aromatic N) is 3. The Morgan fingerprint density at radius 1 is 0.486 bits per heavy atom. The van der Waals surface area contributed by atoms with Crippen molar-refractivity contribution in [3.8, 4) is 22.5 Å². The maximum absolute atomic E-state index is 4.86. The van der Waals surface area contributed by atoms with Gasteiger partial charge in [0.15, 0.2) is 0 Å². The van der Waals surface area contributed by atoms with Crippen LogP contribution in [0.4, 0.5) is 0 Å². The molecule has 0 aliphatic heterocycles. The van der Waals surface area contributed by atoms with Crippen LogP contribution in [0.2, 0.25) is 0 Å². The number of pyridine rings is 1. The number of allylic oxidation sites excluding steroid dienone is 1. The van der Waals surface area contributed by atoms with E-state index in [1.807, 2.05) is 79.0 Å². The van der Waals surface area contributed by atoms with E-state index in [0.29, 0.717) is 0 Å². The van der Waals surface area contributed by atoms with Gasteiger partial charge in [0.25, 0.3) is 0 Å². The predicted molar refractivity (Wildman–Crippen MR) is 153 cm³/mol. The Bertz CT molecular complexity index is 1600. The molecule has 4 aromatic carbocycles. The molecule has 0 N–H and O–H groups in total. The molecule has 0 amide bonds. The first-order chi connectivity index (χ1) is 18.3. The van der Waals surface area contributed by atoms with Gasteiger partial charge in [0.05, 0.1) is 28.1 Å². The Morgan fingerprint density at radius 2 is 1.03 bits per heavy atom. The maximum atomic E-state index is 4.86. The number of aromatic nitrogens is 3. The minimum absolute atomic E-state index is 0.918. The summed E-state index contributed by atoms with van der Waals surface area (Å²) in [6.07, 6.45) is 5.09. The molecular weight excluding hydrogens is 450 g/mol. The van der Waals surface area contributed by atoms with E-state index < -0.39 is 0 Å². The average molecular weight is 476 g/mol. The molecule has 0 spiro atoms. The quantitative estimate of drug-likeness (QED) is 0.259. The number of fused-ring (bicyclic) bond motifs is 2. The van der Waals surface area contributed by atoms with E-state index in [-0.39, 0.29) is 0 Å². The largest absolute Gasteiger partial charge is 0.257 e. The lowest BCUT2D eigenvalue weighted by Gasteiger charge is -2.10. The van der Waals surface area contributed by atoms with Crippen molar-refractivity contribution < 1.29 is 0 Å². The summed E-state index contributed by atoms with van der Waals surface area (Å²) in [5.74, 6) is 0. The highest BCUT2D eigenvalue weighted by Crippen LogP contribution is 2.31. The van der Waals surface area contributed by atoms with Gasteiger partial charge in [0.2, 0.25) is 0 Å². The molecule has 0 radical (unpaired) electrons. The molecule has 6 aromatic rings. The third-order valence-corrected chi connectivity index (χ3v) is 6.42. The third kappa shape index (κ3) is 4.93. The molecule has 0 atom stereocenters. The second-order valence-corrected chi connectivity index (χ2v) is 8.90. The Labute approximate surface area is 216 Å². The summed E-state index contributed by atoms with van der Waals surface area (Å²) in [7, 11) is 0. The van der Waals surface area contributed by atoms with Crippen LogP contribution in [0.5, 0.6) is 0 Å². The molecule has 1 aliphatic carbocycles. The normalized spacial score (nSPS) is 11.8. The number of hydrogen-bond donors (Lipinski definition) is 0. The minimum Gasteiger partial charge on any atom is -0.257 e. The Morgan fingerprint density at radius 3 is 1.59 bits per heavy atom. The van der Waals surface area contributed by atoms with Crippen LogP contribution in [-0.2, 0) is 6.42 Å². The fraction of sp³-hybridized carbons (Fsp3) is 0.0294. The predicted octanol–water partition coefficient (Wildman–Crippen LogP) is 8.14. The zero-order valence-electron chi connectivity index (χ0n) is 20.3. The van der Waals surface area contributed by atoms with Crippen LogP contribution in [0, 0.1) is 0 Å². The van der Waals surface area contributed by atoms with E-state index in [9.17, 15) is 0 Å². The molecular formula is C34H25N3. The van der Waals surface area contributed by atoms with Gasteiger partial charge < -0.3 is 0 Å². The highest BCUT2D eigenvalue weighted by Gasteiger charge is 2.14. The van der Waals surface area contributed by atoms with E-state index in [1.54, 1.807) is 0 Å². The van der Waals surface area contributed by atoms with Crippen LogP contribution >= 0.6 is 0 Å². The monoisotopic (exact) mass is 475 g/mol. The van der Waals surface area contributed by atoms with Gasteiger partial charge in [0, 0.05) is 23.7 Å². The Kier molecular flexibility index (Phi) is 6.33. The third-order valence-electron chi connectivity index (χ3n) is 6.42. The van der Waals surface area contributed by atoms with Crippen LogP contribution in [0.3, 0.4) is 0 Å². The highest BCUT2D eigenvalue weighted by atomic mass is 14.8. The van der Waals surface area contributed by atoms with Crippen LogP contribution in [0.25, 0.3) is 45.2 Å². The lowest BCUT2D eigenvalue weighted by atomic mass is 10.0. The van der Waals surface area contributed by atoms with Gasteiger partial charge in [-0.3, -0.25) is 4.98 Å². The van der Waals surface area contributed by atoms with Crippen molar-refractivity contribution >= 4 is 22.7 Å². The lowest BCUT2D eigenvalue weighted by Crippen LogP contribution is -1.95. The van der Waals surface area contributed by atoms with Gasteiger partial charge in [-0.2, -0.15) is 0 Å². The summed E-state index contributed by atoms with van der Waals surface area (Å²) >= 11 is 0. The van der Waals surface area contributed by atoms with Gasteiger partial charge in [-0.05, 0) is 47.0 Å². The van der Waals surface area contributed by atoms with Crippen LogP contribution in [-0.4, -0.2) is 15.0 Å².